The highest BCUT2D eigenvalue weighted by atomic mass is 32.2. The van der Waals surface area contributed by atoms with Crippen LogP contribution in [0.3, 0.4) is 0 Å². The first-order valence-corrected chi connectivity index (χ1v) is 13.0. The number of para-hydroxylation sites is 1. The molecule has 1 amide bonds. The van der Waals surface area contributed by atoms with Crippen molar-refractivity contribution < 1.29 is 9.59 Å². The SMILES string of the molecule is C=CCn1c(SCC(=O)Nc2ccc(C(=O)/C=C/c3ccccc3)cc2)nnc1-c1c[nH]c2ccccc12. The molecule has 0 spiro atoms. The lowest BCUT2D eigenvalue weighted by atomic mass is 10.1. The molecule has 2 heterocycles. The Morgan fingerprint density at radius 2 is 1.74 bits per heavy atom. The number of nitrogens with one attached hydrogen (secondary N) is 2. The van der Waals surface area contributed by atoms with Gasteiger partial charge in [0.1, 0.15) is 0 Å². The van der Waals surface area contributed by atoms with Crippen molar-refractivity contribution >= 4 is 46.1 Å². The molecule has 5 rings (SSSR count). The molecule has 0 aliphatic heterocycles. The second-order valence-electron chi connectivity index (χ2n) is 8.48. The number of carbonyl (C=O) groups excluding carboxylic acids is 2. The molecule has 0 aliphatic rings. The van der Waals surface area contributed by atoms with Gasteiger partial charge >= 0.3 is 0 Å². The van der Waals surface area contributed by atoms with Gasteiger partial charge in [-0.05, 0) is 42.0 Å². The molecule has 0 saturated carbocycles. The summed E-state index contributed by atoms with van der Waals surface area (Å²) >= 11 is 1.31. The van der Waals surface area contributed by atoms with Gasteiger partial charge in [0.2, 0.25) is 5.91 Å². The number of anilines is 1. The van der Waals surface area contributed by atoms with E-state index in [1.165, 1.54) is 11.8 Å². The molecule has 8 heteroatoms. The Bertz CT molecular complexity index is 1620. The van der Waals surface area contributed by atoms with Crippen molar-refractivity contribution in [1.82, 2.24) is 19.7 Å². The molecule has 0 fully saturated rings. The van der Waals surface area contributed by atoms with Crippen LogP contribution < -0.4 is 5.32 Å². The van der Waals surface area contributed by atoms with Crippen molar-refractivity contribution in [2.24, 2.45) is 0 Å². The number of amides is 1. The molecule has 0 aliphatic carbocycles. The summed E-state index contributed by atoms with van der Waals surface area (Å²) in [4.78, 5) is 28.4. The molecule has 0 saturated heterocycles. The first kappa shape index (κ1) is 25.0. The van der Waals surface area contributed by atoms with Crippen LogP contribution in [0, 0.1) is 0 Å². The first-order valence-electron chi connectivity index (χ1n) is 12.0. The molecular formula is C30H25N5O2S. The van der Waals surface area contributed by atoms with Crippen LogP contribution in [0.1, 0.15) is 15.9 Å². The Balaban J connectivity index is 1.21. The number of carbonyl (C=O) groups is 2. The Morgan fingerprint density at radius 3 is 2.53 bits per heavy atom. The monoisotopic (exact) mass is 519 g/mol. The summed E-state index contributed by atoms with van der Waals surface area (Å²) in [6.07, 6.45) is 7.03. The van der Waals surface area contributed by atoms with E-state index in [1.807, 2.05) is 65.4 Å². The molecule has 38 heavy (non-hydrogen) atoms. The van der Waals surface area contributed by atoms with Crippen LogP contribution in [0.4, 0.5) is 5.69 Å². The lowest BCUT2D eigenvalue weighted by Gasteiger charge is -2.08. The van der Waals surface area contributed by atoms with Gasteiger partial charge in [0, 0.05) is 40.5 Å². The first-order chi connectivity index (χ1) is 18.6. The highest BCUT2D eigenvalue weighted by Gasteiger charge is 2.17. The van der Waals surface area contributed by atoms with Crippen LogP contribution in [0.25, 0.3) is 28.4 Å². The van der Waals surface area contributed by atoms with Crippen molar-refractivity contribution in [3.05, 3.63) is 115 Å². The van der Waals surface area contributed by atoms with Crippen LogP contribution in [0.2, 0.25) is 0 Å². The fraction of sp³-hybridized carbons (Fsp3) is 0.0667. The van der Waals surface area contributed by atoms with E-state index in [9.17, 15) is 9.59 Å². The molecular weight excluding hydrogens is 494 g/mol. The summed E-state index contributed by atoms with van der Waals surface area (Å²) in [6.45, 7) is 4.37. The van der Waals surface area contributed by atoms with E-state index < -0.39 is 0 Å². The molecule has 7 nitrogen and oxygen atoms in total. The van der Waals surface area contributed by atoms with Gasteiger partial charge in [-0.25, -0.2) is 0 Å². The van der Waals surface area contributed by atoms with Gasteiger partial charge in [-0.1, -0.05) is 72.4 Å². The maximum Gasteiger partial charge on any atom is 0.234 e. The number of thioether (sulfide) groups is 1. The largest absolute Gasteiger partial charge is 0.360 e. The molecule has 0 bridgehead atoms. The molecule has 0 unspecified atom stereocenters. The van der Waals surface area contributed by atoms with E-state index in [0.717, 1.165) is 22.0 Å². The summed E-state index contributed by atoms with van der Waals surface area (Å²) in [7, 11) is 0. The van der Waals surface area contributed by atoms with Gasteiger partial charge in [0.25, 0.3) is 0 Å². The predicted octanol–water partition coefficient (Wildman–Crippen LogP) is 6.24. The average Bonchev–Trinajstić information content (AvgIpc) is 3.55. The molecule has 5 aromatic rings. The van der Waals surface area contributed by atoms with E-state index >= 15 is 0 Å². The third kappa shape index (κ3) is 5.66. The Morgan fingerprint density at radius 1 is 0.974 bits per heavy atom. The third-order valence-electron chi connectivity index (χ3n) is 5.87. The van der Waals surface area contributed by atoms with Crippen molar-refractivity contribution in [1.29, 1.82) is 0 Å². The summed E-state index contributed by atoms with van der Waals surface area (Å²) in [5.41, 5.74) is 4.08. The Hall–Kier alpha value is -4.69. The number of ketones is 1. The van der Waals surface area contributed by atoms with Crippen LogP contribution in [0.5, 0.6) is 0 Å². The topological polar surface area (TPSA) is 92.7 Å². The lowest BCUT2D eigenvalue weighted by Crippen LogP contribution is -2.14. The van der Waals surface area contributed by atoms with E-state index in [-0.39, 0.29) is 17.4 Å². The fourth-order valence-corrected chi connectivity index (χ4v) is 4.77. The number of H-pyrrole nitrogens is 1. The summed E-state index contributed by atoms with van der Waals surface area (Å²) in [5, 5.41) is 13.3. The van der Waals surface area contributed by atoms with Crippen LogP contribution >= 0.6 is 11.8 Å². The minimum absolute atomic E-state index is 0.102. The standard InChI is InChI=1S/C30H25N5O2S/c1-2-18-35-29(25-19-31-26-11-7-6-10-24(25)26)33-34-30(35)38-20-28(37)32-23-15-13-22(14-16-23)27(36)17-12-21-8-4-3-5-9-21/h2-17,19,31H,1,18,20H2,(H,32,37)/b17-12+. The molecule has 0 atom stereocenters. The fourth-order valence-electron chi connectivity index (χ4n) is 4.02. The third-order valence-corrected chi connectivity index (χ3v) is 6.84. The molecule has 2 aromatic heterocycles. The number of allylic oxidation sites excluding steroid dienone is 2. The number of aromatic nitrogens is 4. The summed E-state index contributed by atoms with van der Waals surface area (Å²) in [5.74, 6) is 0.588. The maximum absolute atomic E-state index is 12.7. The number of nitrogens with zero attached hydrogens (tertiary/aromatic N) is 3. The van der Waals surface area contributed by atoms with E-state index in [4.69, 9.17) is 0 Å². The molecule has 0 radical (unpaired) electrons. The van der Waals surface area contributed by atoms with Gasteiger partial charge in [-0.2, -0.15) is 0 Å². The molecule has 188 valence electrons. The van der Waals surface area contributed by atoms with Gasteiger partial charge in [-0.15, -0.1) is 16.8 Å². The smallest absolute Gasteiger partial charge is 0.234 e. The quantitative estimate of drug-likeness (QED) is 0.0986. The van der Waals surface area contributed by atoms with Gasteiger partial charge < -0.3 is 10.3 Å². The minimum Gasteiger partial charge on any atom is -0.360 e. The number of hydrogen-bond acceptors (Lipinski definition) is 5. The highest BCUT2D eigenvalue weighted by Crippen LogP contribution is 2.30. The van der Waals surface area contributed by atoms with Crippen molar-refractivity contribution in [2.75, 3.05) is 11.1 Å². The number of rotatable bonds is 10. The van der Waals surface area contributed by atoms with Gasteiger partial charge in [0.05, 0.1) is 5.75 Å². The van der Waals surface area contributed by atoms with Crippen molar-refractivity contribution in [3.63, 3.8) is 0 Å². The van der Waals surface area contributed by atoms with Crippen LogP contribution in [-0.2, 0) is 11.3 Å². The van der Waals surface area contributed by atoms with Gasteiger partial charge in [0.15, 0.2) is 16.8 Å². The second kappa shape index (κ2) is 11.6. The van der Waals surface area contributed by atoms with Crippen LogP contribution in [0.15, 0.2) is 109 Å². The number of hydrogen-bond donors (Lipinski definition) is 2. The highest BCUT2D eigenvalue weighted by molar-refractivity contribution is 7.99. The van der Waals surface area contributed by atoms with Crippen LogP contribution in [-0.4, -0.2) is 37.2 Å². The summed E-state index contributed by atoms with van der Waals surface area (Å²) < 4.78 is 1.95. The zero-order chi connectivity index (χ0) is 26.3. The zero-order valence-electron chi connectivity index (χ0n) is 20.5. The molecule has 3 aromatic carbocycles. The second-order valence-corrected chi connectivity index (χ2v) is 9.42. The average molecular weight is 520 g/mol. The normalized spacial score (nSPS) is 11.2. The van der Waals surface area contributed by atoms with E-state index in [0.29, 0.717) is 28.8 Å². The number of aromatic amines is 1. The Kier molecular flexibility index (Phi) is 7.61. The predicted molar refractivity (Wildman–Crippen MR) is 153 cm³/mol. The summed E-state index contributed by atoms with van der Waals surface area (Å²) in [6, 6.07) is 24.5. The van der Waals surface area contributed by atoms with Crippen molar-refractivity contribution in [3.8, 4) is 11.4 Å². The van der Waals surface area contributed by atoms with E-state index in [1.54, 1.807) is 42.5 Å². The number of benzene rings is 3. The zero-order valence-corrected chi connectivity index (χ0v) is 21.3. The molecule has 2 N–H and O–H groups in total. The van der Waals surface area contributed by atoms with Gasteiger partial charge in [-0.3, -0.25) is 14.2 Å². The van der Waals surface area contributed by atoms with E-state index in [2.05, 4.69) is 27.1 Å². The number of fused-ring (bicyclic) bond motifs is 1. The van der Waals surface area contributed by atoms with Crippen molar-refractivity contribution in [2.45, 2.75) is 11.7 Å². The minimum atomic E-state index is -0.181. The Labute approximate surface area is 224 Å². The lowest BCUT2D eigenvalue weighted by molar-refractivity contribution is -0.113. The maximum atomic E-state index is 12.7.